The van der Waals surface area contributed by atoms with Gasteiger partial charge >= 0.3 is 0 Å². The second-order valence-electron chi connectivity index (χ2n) is 5.98. The van der Waals surface area contributed by atoms with Crippen molar-refractivity contribution in [3.05, 3.63) is 64.7 Å². The monoisotopic (exact) mass is 347 g/mol. The summed E-state index contributed by atoms with van der Waals surface area (Å²) in [5, 5.41) is 3.49. The number of nitrogens with one attached hydrogen (secondary N) is 1. The molecule has 6 heteroatoms. The Morgan fingerprint density at radius 3 is 2.88 bits per heavy atom. The van der Waals surface area contributed by atoms with Gasteiger partial charge in [-0.3, -0.25) is 14.7 Å². The van der Waals surface area contributed by atoms with Crippen molar-refractivity contribution in [2.45, 2.75) is 25.4 Å². The fraction of sp³-hybridized carbons (Fsp3) is 0.333. The summed E-state index contributed by atoms with van der Waals surface area (Å²) in [6.07, 6.45) is 5.07. The minimum Gasteiger partial charge on any atom is -0.348 e. The Morgan fingerprint density at radius 2 is 2.12 bits per heavy atom. The van der Waals surface area contributed by atoms with E-state index in [0.717, 1.165) is 19.4 Å². The first-order chi connectivity index (χ1) is 11.6. The van der Waals surface area contributed by atoms with Crippen LogP contribution in [0, 0.1) is 5.82 Å². The van der Waals surface area contributed by atoms with Crippen molar-refractivity contribution in [3.63, 3.8) is 0 Å². The predicted molar refractivity (Wildman–Crippen MR) is 91.4 cm³/mol. The maximum absolute atomic E-state index is 13.9. The standard InChI is InChI=1S/C18H19ClFN3O/c19-16-4-1-5-17(20)15(16)12-23-10-2-3-14(11-23)22-18(24)13-6-8-21-9-7-13/h1,4-9,14H,2-3,10-12H2,(H,22,24). The molecule has 126 valence electrons. The van der Waals surface area contributed by atoms with Gasteiger partial charge in [0.15, 0.2) is 0 Å². The third kappa shape index (κ3) is 4.10. The van der Waals surface area contributed by atoms with Crippen molar-refractivity contribution in [3.8, 4) is 0 Å². The van der Waals surface area contributed by atoms with Gasteiger partial charge in [0.2, 0.25) is 0 Å². The molecule has 2 heterocycles. The van der Waals surface area contributed by atoms with Crippen LogP contribution in [0.5, 0.6) is 0 Å². The highest BCUT2D eigenvalue weighted by atomic mass is 35.5. The Kier molecular flexibility index (Phi) is 5.43. The van der Waals surface area contributed by atoms with Crippen molar-refractivity contribution in [2.24, 2.45) is 0 Å². The van der Waals surface area contributed by atoms with E-state index in [4.69, 9.17) is 11.6 Å². The SMILES string of the molecule is O=C(NC1CCCN(Cc2c(F)cccc2Cl)C1)c1ccncc1. The fourth-order valence-corrected chi connectivity index (χ4v) is 3.22. The quantitative estimate of drug-likeness (QED) is 0.923. The summed E-state index contributed by atoms with van der Waals surface area (Å²) in [4.78, 5) is 18.3. The van der Waals surface area contributed by atoms with Gasteiger partial charge in [-0.15, -0.1) is 0 Å². The number of rotatable bonds is 4. The lowest BCUT2D eigenvalue weighted by Crippen LogP contribution is -2.47. The van der Waals surface area contributed by atoms with Gasteiger partial charge in [-0.25, -0.2) is 4.39 Å². The maximum atomic E-state index is 13.9. The van der Waals surface area contributed by atoms with E-state index in [1.165, 1.54) is 6.07 Å². The van der Waals surface area contributed by atoms with Crippen LogP contribution in [0.4, 0.5) is 4.39 Å². The van der Waals surface area contributed by atoms with Gasteiger partial charge in [-0.2, -0.15) is 0 Å². The number of aromatic nitrogens is 1. The Labute approximate surface area is 145 Å². The van der Waals surface area contributed by atoms with Crippen LogP contribution in [-0.4, -0.2) is 34.9 Å². The van der Waals surface area contributed by atoms with Crippen LogP contribution in [0.25, 0.3) is 0 Å². The lowest BCUT2D eigenvalue weighted by Gasteiger charge is -2.33. The zero-order chi connectivity index (χ0) is 16.9. The molecule has 4 nitrogen and oxygen atoms in total. The largest absolute Gasteiger partial charge is 0.348 e. The minimum atomic E-state index is -0.287. The van der Waals surface area contributed by atoms with Gasteiger partial charge in [0.1, 0.15) is 5.82 Å². The van der Waals surface area contributed by atoms with Crippen LogP contribution in [-0.2, 0) is 6.54 Å². The summed E-state index contributed by atoms with van der Waals surface area (Å²) in [6.45, 7) is 2.00. The smallest absolute Gasteiger partial charge is 0.251 e. The lowest BCUT2D eigenvalue weighted by atomic mass is 10.0. The number of hydrogen-bond donors (Lipinski definition) is 1. The number of halogens is 2. The maximum Gasteiger partial charge on any atom is 0.251 e. The molecule has 0 bridgehead atoms. The Bertz CT molecular complexity index is 690. The zero-order valence-electron chi connectivity index (χ0n) is 13.2. The van der Waals surface area contributed by atoms with Crippen molar-refractivity contribution in [2.75, 3.05) is 13.1 Å². The van der Waals surface area contributed by atoms with Crippen LogP contribution in [0.1, 0.15) is 28.8 Å². The number of pyridine rings is 1. The summed E-state index contributed by atoms with van der Waals surface area (Å²) in [5.41, 5.74) is 1.11. The van der Waals surface area contributed by atoms with Crippen LogP contribution < -0.4 is 5.32 Å². The summed E-state index contributed by atoms with van der Waals surface area (Å²) in [5.74, 6) is -0.390. The highest BCUT2D eigenvalue weighted by molar-refractivity contribution is 6.31. The van der Waals surface area contributed by atoms with E-state index in [-0.39, 0.29) is 17.8 Å². The topological polar surface area (TPSA) is 45.2 Å². The molecule has 24 heavy (non-hydrogen) atoms. The average molecular weight is 348 g/mol. The second kappa shape index (κ2) is 7.73. The summed E-state index contributed by atoms with van der Waals surface area (Å²) in [6, 6.07) is 8.16. The second-order valence-corrected chi connectivity index (χ2v) is 6.39. The van der Waals surface area contributed by atoms with Gasteiger partial charge in [-0.05, 0) is 43.7 Å². The van der Waals surface area contributed by atoms with E-state index in [1.54, 1.807) is 36.7 Å². The fourth-order valence-electron chi connectivity index (χ4n) is 3.00. The molecular formula is C18H19ClFN3O. The third-order valence-corrected chi connectivity index (χ3v) is 4.58. The van der Waals surface area contributed by atoms with Crippen molar-refractivity contribution >= 4 is 17.5 Å². The number of carbonyl (C=O) groups is 1. The van der Waals surface area contributed by atoms with Crippen molar-refractivity contribution in [1.29, 1.82) is 0 Å². The molecule has 1 aliphatic rings. The first-order valence-corrected chi connectivity index (χ1v) is 8.37. The summed E-state index contributed by atoms with van der Waals surface area (Å²) >= 11 is 6.11. The number of carbonyl (C=O) groups excluding carboxylic acids is 1. The molecule has 1 amide bonds. The number of amides is 1. The van der Waals surface area contributed by atoms with E-state index in [2.05, 4.69) is 15.2 Å². The molecule has 0 radical (unpaired) electrons. The van der Waals surface area contributed by atoms with Crippen molar-refractivity contribution in [1.82, 2.24) is 15.2 Å². The molecule has 1 unspecified atom stereocenters. The van der Waals surface area contributed by atoms with E-state index < -0.39 is 0 Å². The highest BCUT2D eigenvalue weighted by Gasteiger charge is 2.23. The van der Waals surface area contributed by atoms with Crippen molar-refractivity contribution < 1.29 is 9.18 Å². The molecule has 1 saturated heterocycles. The minimum absolute atomic E-state index is 0.0463. The van der Waals surface area contributed by atoms with E-state index >= 15 is 0 Å². The molecule has 3 rings (SSSR count). The first-order valence-electron chi connectivity index (χ1n) is 7.99. The van der Waals surface area contributed by atoms with Gasteiger partial charge in [-0.1, -0.05) is 17.7 Å². The molecule has 2 aromatic rings. The molecule has 0 spiro atoms. The van der Waals surface area contributed by atoms with E-state index in [9.17, 15) is 9.18 Å². The van der Waals surface area contributed by atoms with E-state index in [1.807, 2.05) is 0 Å². The van der Waals surface area contributed by atoms with Gasteiger partial charge in [0.05, 0.1) is 0 Å². The van der Waals surface area contributed by atoms with Gasteiger partial charge < -0.3 is 5.32 Å². The number of benzene rings is 1. The normalized spacial score (nSPS) is 18.3. The molecule has 1 atom stereocenters. The lowest BCUT2D eigenvalue weighted by molar-refractivity contribution is 0.0900. The van der Waals surface area contributed by atoms with Gasteiger partial charge in [0, 0.05) is 47.7 Å². The van der Waals surface area contributed by atoms with Crippen LogP contribution in [0.3, 0.4) is 0 Å². The van der Waals surface area contributed by atoms with Crippen LogP contribution in [0.2, 0.25) is 5.02 Å². The summed E-state index contributed by atoms with van der Waals surface area (Å²) in [7, 11) is 0. The Balaban J connectivity index is 1.61. The Hall–Kier alpha value is -1.98. The number of likely N-dealkylation sites (tertiary alicyclic amines) is 1. The number of piperidine rings is 1. The predicted octanol–water partition coefficient (Wildman–Crippen LogP) is 3.27. The number of hydrogen-bond acceptors (Lipinski definition) is 3. The van der Waals surface area contributed by atoms with E-state index in [0.29, 0.717) is 29.2 Å². The highest BCUT2D eigenvalue weighted by Crippen LogP contribution is 2.22. The molecule has 1 fully saturated rings. The first kappa shape index (κ1) is 16.9. The van der Waals surface area contributed by atoms with Gasteiger partial charge in [0.25, 0.3) is 5.91 Å². The Morgan fingerprint density at radius 1 is 1.33 bits per heavy atom. The van der Waals surface area contributed by atoms with Crippen LogP contribution >= 0.6 is 11.6 Å². The molecule has 1 aromatic heterocycles. The number of nitrogens with zero attached hydrogens (tertiary/aromatic N) is 2. The third-order valence-electron chi connectivity index (χ3n) is 4.23. The molecule has 1 aliphatic heterocycles. The molecular weight excluding hydrogens is 329 g/mol. The average Bonchev–Trinajstić information content (AvgIpc) is 2.59. The zero-order valence-corrected chi connectivity index (χ0v) is 14.0. The molecule has 1 N–H and O–H groups in total. The molecule has 1 aromatic carbocycles. The molecule has 0 aliphatic carbocycles. The summed E-state index contributed by atoms with van der Waals surface area (Å²) < 4.78 is 13.9. The molecule has 0 saturated carbocycles. The van der Waals surface area contributed by atoms with Crippen LogP contribution in [0.15, 0.2) is 42.7 Å².